The third kappa shape index (κ3) is 35.6. The van der Waals surface area contributed by atoms with Gasteiger partial charge in [0.25, 0.3) is 0 Å². The van der Waals surface area contributed by atoms with Crippen molar-refractivity contribution in [3.8, 4) is 46.4 Å². The molecule has 0 aliphatic rings. The van der Waals surface area contributed by atoms with Crippen LogP contribution in [0.25, 0.3) is 22.8 Å². The summed E-state index contributed by atoms with van der Waals surface area (Å²) in [6.07, 6.45) is 7.07. The van der Waals surface area contributed by atoms with Gasteiger partial charge >= 0.3 is 34.1 Å². The molecular weight excluding hydrogens is 910 g/mol. The van der Waals surface area contributed by atoms with Crippen molar-refractivity contribution < 1.29 is 79.1 Å². The molecule has 0 unspecified atom stereocenters. The molecule has 0 saturated heterocycles. The summed E-state index contributed by atoms with van der Waals surface area (Å²) >= 11 is 0. The van der Waals surface area contributed by atoms with Crippen LogP contribution in [-0.2, 0) is 39.6 Å². The molecule has 0 atom stereocenters. The minimum atomic E-state index is -1.75. The fraction of sp³-hybridized carbons (Fsp3) is 0.100. The molecule has 63 heavy (non-hydrogen) atoms. The number of carbonyl (C=O) groups excluding carboxylic acids is 2. The molecule has 4 aromatic heterocycles. The second kappa shape index (κ2) is 42.1. The second-order valence-electron chi connectivity index (χ2n) is 9.79. The van der Waals surface area contributed by atoms with Gasteiger partial charge in [0.15, 0.2) is 0 Å². The number of carbonyl (C=O) groups is 2. The van der Waals surface area contributed by atoms with Gasteiger partial charge in [0.1, 0.15) is 11.5 Å². The molecule has 0 spiro atoms. The third-order valence-corrected chi connectivity index (χ3v) is 5.80. The number of aromatic carboxylic acids is 2. The van der Waals surface area contributed by atoms with E-state index in [1.54, 1.807) is 61.2 Å². The fourth-order valence-corrected chi connectivity index (χ4v) is 3.56. The van der Waals surface area contributed by atoms with E-state index in [0.717, 1.165) is 22.8 Å². The molecule has 0 amide bonds. The van der Waals surface area contributed by atoms with Gasteiger partial charge in [-0.1, -0.05) is 48.5 Å². The fourth-order valence-electron chi connectivity index (χ4n) is 3.56. The molecule has 2 aromatic carbocycles. The van der Waals surface area contributed by atoms with E-state index >= 15 is 0 Å². The Morgan fingerprint density at radius 3 is 0.889 bits per heavy atom. The molecular formula is C40H36Mn2N8O13. The van der Waals surface area contributed by atoms with E-state index in [4.69, 9.17) is 50.6 Å². The Balaban J connectivity index is -0.000000213. The van der Waals surface area contributed by atoms with E-state index in [2.05, 4.69) is 19.9 Å². The molecule has 4 heterocycles. The standard InChI is InChI=1S/2C10H8N2.2C8H8O3.2C2H3N.2Mn.2NO3.O/c2*1-3-7-11-9(5-1)10-6-2-4-8-12-10;2*1-11-7-4-2-3-6(5-7)8(9)10;2*1-2-3;;;2*2-1(3)4;/h2*1-8H;2*2-5H,1H3,(H,9,10);2*1H3;;;;;/q;;;;;;2*+3;2*-1;-2/p-2. The number of pyridine rings is 4. The number of methoxy groups -OCH3 is 2. The van der Waals surface area contributed by atoms with E-state index in [1.165, 1.54) is 52.3 Å². The largest absolute Gasteiger partial charge is 3.00 e. The van der Waals surface area contributed by atoms with Crippen LogP contribution in [0, 0.1) is 53.3 Å². The number of hydrogen-bond donors (Lipinski definition) is 0. The van der Waals surface area contributed by atoms with Crippen molar-refractivity contribution >= 4 is 11.9 Å². The average Bonchev–Trinajstić information content (AvgIpc) is 3.26. The first kappa shape index (κ1) is 64.1. The van der Waals surface area contributed by atoms with Crippen molar-refractivity contribution in [2.45, 2.75) is 13.8 Å². The van der Waals surface area contributed by atoms with E-state index in [0.29, 0.717) is 11.5 Å². The quantitative estimate of drug-likeness (QED) is 0.122. The van der Waals surface area contributed by atoms with Gasteiger partial charge in [-0.3, -0.25) is 19.9 Å². The van der Waals surface area contributed by atoms with Crippen LogP contribution < -0.4 is 19.7 Å². The Kier molecular flexibility index (Phi) is 42.8. The SMILES string of the molecule is CC#N.CC#N.COc1cccc(C(=O)[O-])c1.COc1cccc(C(=O)[O-])c1.O=[N+]([O-])[O-].O=[N+]([O-])[O-].[Mn+3].[Mn+3].[O-2].c1ccc(-c2ccccn2)nc1.c1ccc(-c2ccccn2)nc1. The molecule has 0 fully saturated rings. The second-order valence-corrected chi connectivity index (χ2v) is 9.79. The van der Waals surface area contributed by atoms with Crippen molar-refractivity contribution in [3.63, 3.8) is 0 Å². The molecule has 0 bridgehead atoms. The predicted octanol–water partition coefficient (Wildman–Crippen LogP) is 4.86. The maximum atomic E-state index is 10.3. The number of ether oxygens (including phenoxy) is 2. The number of nitrogens with zero attached hydrogens (tertiary/aromatic N) is 8. The molecule has 328 valence electrons. The normalized spacial score (nSPS) is 7.90. The summed E-state index contributed by atoms with van der Waals surface area (Å²) in [6, 6.07) is 39.0. The van der Waals surface area contributed by atoms with Crippen LogP contribution >= 0.6 is 0 Å². The molecule has 0 saturated carbocycles. The number of nitriles is 2. The van der Waals surface area contributed by atoms with Gasteiger partial charge in [-0.05, 0) is 72.8 Å². The number of carboxylic acid groups (broad SMARTS) is 2. The number of aromatic nitrogens is 4. The molecule has 0 aliphatic heterocycles. The maximum absolute atomic E-state index is 10.3. The Bertz CT molecular complexity index is 1950. The van der Waals surface area contributed by atoms with Crippen molar-refractivity contribution in [1.82, 2.24) is 19.9 Å². The average molecular weight is 947 g/mol. The zero-order valence-corrected chi connectivity index (χ0v) is 35.9. The summed E-state index contributed by atoms with van der Waals surface area (Å²) < 4.78 is 9.63. The topological polar surface area (TPSA) is 359 Å². The van der Waals surface area contributed by atoms with Gasteiger partial charge in [0.2, 0.25) is 0 Å². The first-order valence-electron chi connectivity index (χ1n) is 16.3. The maximum Gasteiger partial charge on any atom is 3.00 e. The van der Waals surface area contributed by atoms with Gasteiger partial charge in [0, 0.05) is 49.8 Å². The summed E-state index contributed by atoms with van der Waals surface area (Å²) in [5.41, 5.74) is 3.92. The van der Waals surface area contributed by atoms with E-state index in [1.807, 2.05) is 72.8 Å². The van der Waals surface area contributed by atoms with Crippen molar-refractivity contribution in [2.24, 2.45) is 0 Å². The van der Waals surface area contributed by atoms with Gasteiger partial charge in [-0.15, -0.1) is 0 Å². The van der Waals surface area contributed by atoms with Crippen LogP contribution in [0.2, 0.25) is 0 Å². The summed E-state index contributed by atoms with van der Waals surface area (Å²) in [5, 5.41) is 64.7. The molecule has 21 nitrogen and oxygen atoms in total. The summed E-state index contributed by atoms with van der Waals surface area (Å²) in [6.45, 7) is 2.86. The Hall–Kier alpha value is -8.04. The van der Waals surface area contributed by atoms with Crippen molar-refractivity contribution in [1.29, 1.82) is 10.5 Å². The van der Waals surface area contributed by atoms with Crippen LogP contribution in [0.15, 0.2) is 146 Å². The smallest absolute Gasteiger partial charge is 2.00 e. The molecule has 0 N–H and O–H groups in total. The molecule has 6 rings (SSSR count). The Morgan fingerprint density at radius 1 is 0.508 bits per heavy atom. The third-order valence-electron chi connectivity index (χ3n) is 5.80. The predicted molar refractivity (Wildman–Crippen MR) is 214 cm³/mol. The Morgan fingerprint density at radius 2 is 0.730 bits per heavy atom. The zero-order chi connectivity index (χ0) is 45.6. The monoisotopic (exact) mass is 946 g/mol. The van der Waals surface area contributed by atoms with E-state index in [9.17, 15) is 19.8 Å². The van der Waals surface area contributed by atoms with Crippen LogP contribution in [0.1, 0.15) is 34.6 Å². The van der Waals surface area contributed by atoms with Crippen molar-refractivity contribution in [2.75, 3.05) is 14.2 Å². The molecule has 6 aromatic rings. The molecule has 0 aliphatic carbocycles. The van der Waals surface area contributed by atoms with Gasteiger partial charge < -0.3 is 65.4 Å². The summed E-state index contributed by atoms with van der Waals surface area (Å²) in [5.74, 6) is -1.34. The number of hydrogen-bond acceptors (Lipinski definition) is 18. The Labute approximate surface area is 382 Å². The van der Waals surface area contributed by atoms with Crippen LogP contribution in [0.4, 0.5) is 0 Å². The van der Waals surface area contributed by atoms with Crippen LogP contribution in [-0.4, -0.2) is 56.3 Å². The van der Waals surface area contributed by atoms with Gasteiger partial charge in [-0.2, -0.15) is 10.5 Å². The van der Waals surface area contributed by atoms with Gasteiger partial charge in [-0.25, -0.2) is 0 Å². The zero-order valence-electron chi connectivity index (χ0n) is 33.5. The number of rotatable bonds is 6. The van der Waals surface area contributed by atoms with Crippen LogP contribution in [0.5, 0.6) is 11.5 Å². The minimum absolute atomic E-state index is 0. The van der Waals surface area contributed by atoms with Crippen LogP contribution in [0.3, 0.4) is 0 Å². The van der Waals surface area contributed by atoms with E-state index in [-0.39, 0.29) is 50.7 Å². The molecule has 0 radical (unpaired) electrons. The number of carboxylic acids is 2. The minimum Gasteiger partial charge on any atom is -2.00 e. The van der Waals surface area contributed by atoms with Crippen molar-refractivity contribution in [3.05, 3.63) is 188 Å². The first-order chi connectivity index (χ1) is 28.7. The van der Waals surface area contributed by atoms with E-state index < -0.39 is 22.1 Å². The summed E-state index contributed by atoms with van der Waals surface area (Å²) in [7, 11) is 2.96. The molecule has 23 heteroatoms. The van der Waals surface area contributed by atoms with Gasteiger partial charge in [0.05, 0.1) is 71.2 Å². The summed E-state index contributed by atoms with van der Waals surface area (Å²) in [4.78, 5) is 53.9. The first-order valence-corrected chi connectivity index (χ1v) is 16.3. The number of benzene rings is 2.